The van der Waals surface area contributed by atoms with Crippen LogP contribution in [0.25, 0.3) is 0 Å². The highest BCUT2D eigenvalue weighted by molar-refractivity contribution is 5.96. The summed E-state index contributed by atoms with van der Waals surface area (Å²) >= 11 is 0. The summed E-state index contributed by atoms with van der Waals surface area (Å²) in [5, 5.41) is 2.88. The van der Waals surface area contributed by atoms with E-state index in [0.29, 0.717) is 29.4 Å². The van der Waals surface area contributed by atoms with Gasteiger partial charge in [0.15, 0.2) is 11.5 Å². The molecule has 1 aliphatic rings. The normalized spacial score (nSPS) is 15.8. The summed E-state index contributed by atoms with van der Waals surface area (Å²) < 4.78 is 15.7. The molecule has 0 fully saturated rings. The van der Waals surface area contributed by atoms with Gasteiger partial charge >= 0.3 is 5.97 Å². The molecule has 6 nitrogen and oxygen atoms in total. The van der Waals surface area contributed by atoms with Crippen LogP contribution in [0.3, 0.4) is 0 Å². The second-order valence-electron chi connectivity index (χ2n) is 5.76. The van der Waals surface area contributed by atoms with Crippen LogP contribution >= 0.6 is 0 Å². The molecule has 2 aromatic rings. The number of fused-ring (bicyclic) bond motifs is 1. The number of carbonyl (C=O) groups is 2. The average Bonchev–Trinajstić information content (AvgIpc) is 2.60. The number of hydrogen-bond donors (Lipinski definition) is 1. The minimum absolute atomic E-state index is 0.0613. The lowest BCUT2D eigenvalue weighted by Gasteiger charge is -2.27. The van der Waals surface area contributed by atoms with Crippen LogP contribution < -0.4 is 19.5 Å². The monoisotopic (exact) mass is 341 g/mol. The Labute approximate surface area is 145 Å². The number of benzene rings is 2. The van der Waals surface area contributed by atoms with E-state index in [-0.39, 0.29) is 17.8 Å². The van der Waals surface area contributed by atoms with E-state index in [1.54, 1.807) is 32.4 Å². The summed E-state index contributed by atoms with van der Waals surface area (Å²) in [5.41, 5.74) is 2.62. The fraction of sp³-hybridized carbons (Fsp3) is 0.263. The second-order valence-corrected chi connectivity index (χ2v) is 5.76. The Morgan fingerprint density at radius 3 is 2.32 bits per heavy atom. The number of amides is 1. The molecule has 1 N–H and O–H groups in total. The molecule has 1 aliphatic heterocycles. The molecule has 3 rings (SSSR count). The number of ether oxygens (including phenoxy) is 3. The highest BCUT2D eigenvalue weighted by atomic mass is 16.5. The van der Waals surface area contributed by atoms with Crippen molar-refractivity contribution in [2.24, 2.45) is 0 Å². The van der Waals surface area contributed by atoms with Crippen LogP contribution in [0.15, 0.2) is 36.4 Å². The number of anilines is 1. The number of rotatable bonds is 4. The maximum Gasteiger partial charge on any atom is 0.308 e. The van der Waals surface area contributed by atoms with E-state index in [9.17, 15) is 9.59 Å². The Bertz CT molecular complexity index is 813. The third-order valence-electron chi connectivity index (χ3n) is 4.14. The van der Waals surface area contributed by atoms with Crippen molar-refractivity contribution in [1.29, 1.82) is 0 Å². The topological polar surface area (TPSA) is 73.9 Å². The van der Waals surface area contributed by atoms with Crippen molar-refractivity contribution >= 4 is 17.6 Å². The first-order chi connectivity index (χ1) is 12.0. The molecular weight excluding hydrogens is 322 g/mol. The highest BCUT2D eigenvalue weighted by Gasteiger charge is 2.28. The maximum absolute atomic E-state index is 12.1. The van der Waals surface area contributed by atoms with Gasteiger partial charge in [-0.05, 0) is 29.3 Å². The zero-order valence-electron chi connectivity index (χ0n) is 14.3. The van der Waals surface area contributed by atoms with Crippen LogP contribution in [0.4, 0.5) is 5.69 Å². The van der Waals surface area contributed by atoms with E-state index in [0.717, 1.165) is 11.1 Å². The first-order valence-corrected chi connectivity index (χ1v) is 7.86. The Kier molecular flexibility index (Phi) is 4.61. The first-order valence-electron chi connectivity index (χ1n) is 7.86. The standard InChI is InChI=1S/C19H19NO5/c1-11(21)25-13-6-4-12(5-7-13)14-9-19(22)20-16-10-18(24-3)17(23-2)8-15(14)16/h4-8,10,14H,9H2,1-3H3,(H,20,22)/t14-/m1/s1. The quantitative estimate of drug-likeness (QED) is 0.683. The van der Waals surface area contributed by atoms with Crippen LogP contribution in [0.2, 0.25) is 0 Å². The zero-order chi connectivity index (χ0) is 18.0. The predicted octanol–water partition coefficient (Wildman–Crippen LogP) is 3.10. The van der Waals surface area contributed by atoms with Gasteiger partial charge < -0.3 is 19.5 Å². The maximum atomic E-state index is 12.1. The fourth-order valence-corrected chi connectivity index (χ4v) is 3.02. The van der Waals surface area contributed by atoms with Crippen molar-refractivity contribution in [3.63, 3.8) is 0 Å². The fourth-order valence-electron chi connectivity index (χ4n) is 3.02. The molecule has 1 atom stereocenters. The van der Waals surface area contributed by atoms with E-state index >= 15 is 0 Å². The molecule has 0 spiro atoms. The number of methoxy groups -OCH3 is 2. The number of nitrogens with one attached hydrogen (secondary N) is 1. The lowest BCUT2D eigenvalue weighted by Crippen LogP contribution is -2.23. The van der Waals surface area contributed by atoms with Crippen LogP contribution in [-0.2, 0) is 9.59 Å². The molecule has 1 amide bonds. The Balaban J connectivity index is 2.00. The SMILES string of the molecule is COc1cc2c(cc1OC)[C@@H](c1ccc(OC(C)=O)cc1)CC(=O)N2. The minimum Gasteiger partial charge on any atom is -0.493 e. The summed E-state index contributed by atoms with van der Waals surface area (Å²) in [5.74, 6) is 1.10. The summed E-state index contributed by atoms with van der Waals surface area (Å²) in [4.78, 5) is 23.2. The molecule has 2 aromatic carbocycles. The molecule has 0 radical (unpaired) electrons. The first kappa shape index (κ1) is 16.8. The van der Waals surface area contributed by atoms with Crippen LogP contribution in [0, 0.1) is 0 Å². The lowest BCUT2D eigenvalue weighted by molar-refractivity contribution is -0.131. The van der Waals surface area contributed by atoms with E-state index in [2.05, 4.69) is 5.32 Å². The average molecular weight is 341 g/mol. The van der Waals surface area contributed by atoms with E-state index in [1.807, 2.05) is 18.2 Å². The van der Waals surface area contributed by atoms with Gasteiger partial charge in [-0.25, -0.2) is 0 Å². The van der Waals surface area contributed by atoms with Gasteiger partial charge in [0, 0.05) is 31.0 Å². The lowest BCUT2D eigenvalue weighted by atomic mass is 9.84. The minimum atomic E-state index is -0.369. The smallest absolute Gasteiger partial charge is 0.308 e. The summed E-state index contributed by atoms with van der Waals surface area (Å²) in [7, 11) is 3.13. The summed E-state index contributed by atoms with van der Waals surface area (Å²) in [6.45, 7) is 1.36. The van der Waals surface area contributed by atoms with Gasteiger partial charge in [-0.1, -0.05) is 12.1 Å². The predicted molar refractivity (Wildman–Crippen MR) is 92.4 cm³/mol. The number of carbonyl (C=O) groups excluding carboxylic acids is 2. The highest BCUT2D eigenvalue weighted by Crippen LogP contribution is 2.43. The van der Waals surface area contributed by atoms with Gasteiger partial charge in [-0.3, -0.25) is 9.59 Å². The number of esters is 1. The van der Waals surface area contributed by atoms with Crippen molar-refractivity contribution < 1.29 is 23.8 Å². The van der Waals surface area contributed by atoms with Crippen LogP contribution in [0.1, 0.15) is 30.4 Å². The molecule has 0 saturated heterocycles. The van der Waals surface area contributed by atoms with Gasteiger partial charge in [0.25, 0.3) is 0 Å². The molecule has 1 heterocycles. The summed E-state index contributed by atoms with van der Waals surface area (Å²) in [6.07, 6.45) is 0.329. The van der Waals surface area contributed by atoms with Crippen molar-refractivity contribution in [3.05, 3.63) is 47.5 Å². The molecule has 0 unspecified atom stereocenters. The van der Waals surface area contributed by atoms with Gasteiger partial charge in [0.05, 0.1) is 14.2 Å². The Morgan fingerprint density at radius 1 is 1.08 bits per heavy atom. The molecule has 6 heteroatoms. The van der Waals surface area contributed by atoms with E-state index in [1.165, 1.54) is 6.92 Å². The molecule has 0 saturated carbocycles. The van der Waals surface area contributed by atoms with E-state index in [4.69, 9.17) is 14.2 Å². The van der Waals surface area contributed by atoms with Crippen molar-refractivity contribution in [3.8, 4) is 17.2 Å². The van der Waals surface area contributed by atoms with Crippen molar-refractivity contribution in [2.75, 3.05) is 19.5 Å². The van der Waals surface area contributed by atoms with Gasteiger partial charge in [0.2, 0.25) is 5.91 Å². The second kappa shape index (κ2) is 6.84. The summed E-state index contributed by atoms with van der Waals surface area (Å²) in [6, 6.07) is 10.8. The molecular formula is C19H19NO5. The molecule has 0 aliphatic carbocycles. The Hall–Kier alpha value is -3.02. The molecule has 0 bridgehead atoms. The number of hydrogen-bond acceptors (Lipinski definition) is 5. The van der Waals surface area contributed by atoms with Gasteiger partial charge in [0.1, 0.15) is 5.75 Å². The third kappa shape index (κ3) is 3.42. The van der Waals surface area contributed by atoms with Gasteiger partial charge in [-0.2, -0.15) is 0 Å². The third-order valence-corrected chi connectivity index (χ3v) is 4.14. The van der Waals surface area contributed by atoms with Gasteiger partial charge in [-0.15, -0.1) is 0 Å². The molecule has 25 heavy (non-hydrogen) atoms. The largest absolute Gasteiger partial charge is 0.493 e. The van der Waals surface area contributed by atoms with Crippen molar-refractivity contribution in [2.45, 2.75) is 19.3 Å². The zero-order valence-corrected chi connectivity index (χ0v) is 14.3. The molecule has 130 valence electrons. The molecule has 0 aromatic heterocycles. The van der Waals surface area contributed by atoms with Crippen molar-refractivity contribution in [1.82, 2.24) is 0 Å². The van der Waals surface area contributed by atoms with Crippen LogP contribution in [0.5, 0.6) is 17.2 Å². The van der Waals surface area contributed by atoms with E-state index < -0.39 is 0 Å². The van der Waals surface area contributed by atoms with Crippen LogP contribution in [-0.4, -0.2) is 26.1 Å². The Morgan fingerprint density at radius 2 is 1.72 bits per heavy atom.